The van der Waals surface area contributed by atoms with Gasteiger partial charge in [0.15, 0.2) is 16.7 Å². The summed E-state index contributed by atoms with van der Waals surface area (Å²) in [6, 6.07) is 3.99. The van der Waals surface area contributed by atoms with E-state index in [9.17, 15) is 13.2 Å². The van der Waals surface area contributed by atoms with Gasteiger partial charge in [-0.2, -0.15) is 4.98 Å². The first-order valence-corrected chi connectivity index (χ1v) is 6.67. The third kappa shape index (κ3) is 4.58. The molecule has 0 spiro atoms. The van der Waals surface area contributed by atoms with Gasteiger partial charge < -0.3 is 10.1 Å². The average molecular weight is 404 g/mol. The Kier molecular flexibility index (Phi) is 4.74. The topological polar surface area (TPSA) is 59.9 Å². The molecule has 0 atom stereocenters. The van der Waals surface area contributed by atoms with E-state index in [0.717, 1.165) is 6.07 Å². The maximum absolute atomic E-state index is 12.4. The summed E-state index contributed by atoms with van der Waals surface area (Å²) in [6.07, 6.45) is -4.84. The molecule has 0 aliphatic heterocycles. The number of halogens is 6. The van der Waals surface area contributed by atoms with Crippen LogP contribution in [-0.4, -0.2) is 21.5 Å². The molecule has 5 nitrogen and oxygen atoms in total. The number of aromatic nitrogens is 3. The van der Waals surface area contributed by atoms with E-state index in [1.165, 1.54) is 12.1 Å². The maximum atomic E-state index is 12.4. The van der Waals surface area contributed by atoms with Crippen LogP contribution >= 0.6 is 39.1 Å². The van der Waals surface area contributed by atoms with Crippen molar-refractivity contribution in [3.8, 4) is 5.75 Å². The number of alkyl halides is 3. The predicted octanol–water partition coefficient (Wildman–Crippen LogP) is 4.58. The fourth-order valence-electron chi connectivity index (χ4n) is 1.31. The number of nitrogens with one attached hydrogen (secondary N) is 1. The Hall–Kier alpha value is -1.32. The van der Waals surface area contributed by atoms with E-state index in [1.807, 2.05) is 0 Å². The third-order valence-corrected chi connectivity index (χ3v) is 2.95. The lowest BCUT2D eigenvalue weighted by Crippen LogP contribution is -2.18. The molecule has 0 aliphatic carbocycles. The monoisotopic (exact) mass is 402 g/mol. The van der Waals surface area contributed by atoms with E-state index >= 15 is 0 Å². The number of ether oxygens (including phenoxy) is 1. The molecular formula is C10H4BrCl2F3N4O. The quantitative estimate of drug-likeness (QED) is 0.812. The van der Waals surface area contributed by atoms with Crippen LogP contribution in [0.4, 0.5) is 24.7 Å². The van der Waals surface area contributed by atoms with Gasteiger partial charge in [-0.05, 0) is 29.8 Å². The number of rotatable bonds is 3. The second-order valence-electron chi connectivity index (χ2n) is 3.53. The first kappa shape index (κ1) is 16.1. The van der Waals surface area contributed by atoms with Crippen LogP contribution in [-0.2, 0) is 0 Å². The molecule has 0 fully saturated rings. The summed E-state index contributed by atoms with van der Waals surface area (Å²) < 4.78 is 41.5. The van der Waals surface area contributed by atoms with Gasteiger partial charge in [0.1, 0.15) is 0 Å². The largest absolute Gasteiger partial charge is 0.573 e. The van der Waals surface area contributed by atoms with Gasteiger partial charge in [0.25, 0.3) is 0 Å². The summed E-state index contributed by atoms with van der Waals surface area (Å²) in [5.41, 5.74) is -0.0195. The highest BCUT2D eigenvalue weighted by atomic mass is 79.9. The Morgan fingerprint density at radius 2 is 1.90 bits per heavy atom. The van der Waals surface area contributed by atoms with Crippen molar-refractivity contribution in [2.24, 2.45) is 0 Å². The van der Waals surface area contributed by atoms with Crippen LogP contribution < -0.4 is 10.1 Å². The zero-order valence-electron chi connectivity index (χ0n) is 9.75. The smallest absolute Gasteiger partial charge is 0.404 e. The summed E-state index contributed by atoms with van der Waals surface area (Å²) in [5.74, 6) is -0.520. The minimum atomic E-state index is -4.84. The van der Waals surface area contributed by atoms with Crippen LogP contribution in [0.5, 0.6) is 5.75 Å². The van der Waals surface area contributed by atoms with Crippen molar-refractivity contribution >= 4 is 50.6 Å². The van der Waals surface area contributed by atoms with Crippen molar-refractivity contribution < 1.29 is 17.9 Å². The van der Waals surface area contributed by atoms with E-state index < -0.39 is 12.1 Å². The Labute approximate surface area is 134 Å². The third-order valence-electron chi connectivity index (χ3n) is 2.04. The van der Waals surface area contributed by atoms with Crippen molar-refractivity contribution in [2.75, 3.05) is 5.32 Å². The average Bonchev–Trinajstić information content (AvgIpc) is 2.35. The zero-order chi connectivity index (χ0) is 15.6. The standard InChI is InChI=1S/C10H4BrCl2F3N4O/c11-4-1-2-5(6(3-4)21-10(14,15)16)17-8-7(12)19-20-9(13)18-8/h1-3H,(H,17,18,20). The lowest BCUT2D eigenvalue weighted by atomic mass is 10.3. The molecule has 0 bridgehead atoms. The van der Waals surface area contributed by atoms with Gasteiger partial charge in [-0.15, -0.1) is 23.4 Å². The number of benzene rings is 1. The fourth-order valence-corrected chi connectivity index (χ4v) is 1.90. The number of hydrogen-bond acceptors (Lipinski definition) is 5. The molecule has 0 aliphatic rings. The Bertz CT molecular complexity index is 671. The Morgan fingerprint density at radius 1 is 1.19 bits per heavy atom. The van der Waals surface area contributed by atoms with E-state index in [-0.39, 0.29) is 21.9 Å². The molecule has 1 heterocycles. The van der Waals surface area contributed by atoms with Crippen LogP contribution in [0.25, 0.3) is 0 Å². The molecule has 0 saturated heterocycles. The molecule has 0 radical (unpaired) electrons. The maximum Gasteiger partial charge on any atom is 0.573 e. The molecule has 0 saturated carbocycles. The number of nitrogens with zero attached hydrogens (tertiary/aromatic N) is 3. The molecule has 21 heavy (non-hydrogen) atoms. The molecule has 0 amide bonds. The van der Waals surface area contributed by atoms with Gasteiger partial charge in [-0.25, -0.2) is 0 Å². The van der Waals surface area contributed by atoms with Crippen LogP contribution in [0.2, 0.25) is 10.4 Å². The minimum Gasteiger partial charge on any atom is -0.404 e. The van der Waals surface area contributed by atoms with Crippen molar-refractivity contribution in [3.05, 3.63) is 33.1 Å². The highest BCUT2D eigenvalue weighted by molar-refractivity contribution is 9.10. The zero-order valence-corrected chi connectivity index (χ0v) is 12.8. The van der Waals surface area contributed by atoms with Crippen molar-refractivity contribution in [1.29, 1.82) is 0 Å². The van der Waals surface area contributed by atoms with E-state index in [0.29, 0.717) is 4.47 Å². The normalized spacial score (nSPS) is 11.3. The van der Waals surface area contributed by atoms with Crippen LogP contribution in [0.1, 0.15) is 0 Å². The Morgan fingerprint density at radius 3 is 2.57 bits per heavy atom. The second kappa shape index (κ2) is 6.20. The van der Waals surface area contributed by atoms with Gasteiger partial charge in [0.2, 0.25) is 5.28 Å². The Balaban J connectivity index is 2.37. The predicted molar refractivity (Wildman–Crippen MR) is 74.0 cm³/mol. The van der Waals surface area contributed by atoms with Gasteiger partial charge in [-0.3, -0.25) is 0 Å². The van der Waals surface area contributed by atoms with Gasteiger partial charge in [-0.1, -0.05) is 27.5 Å². The fraction of sp³-hybridized carbons (Fsp3) is 0.100. The second-order valence-corrected chi connectivity index (χ2v) is 5.15. The van der Waals surface area contributed by atoms with Crippen LogP contribution in [0, 0.1) is 0 Å². The lowest BCUT2D eigenvalue weighted by Gasteiger charge is -2.14. The molecule has 1 aromatic carbocycles. The van der Waals surface area contributed by atoms with Crippen LogP contribution in [0.15, 0.2) is 22.7 Å². The summed E-state index contributed by atoms with van der Waals surface area (Å²) in [5, 5.41) is 9.07. The van der Waals surface area contributed by atoms with Crippen LogP contribution in [0.3, 0.4) is 0 Å². The highest BCUT2D eigenvalue weighted by Gasteiger charge is 2.32. The first-order chi connectivity index (χ1) is 9.74. The van der Waals surface area contributed by atoms with Crippen molar-refractivity contribution in [3.63, 3.8) is 0 Å². The first-order valence-electron chi connectivity index (χ1n) is 5.12. The summed E-state index contributed by atoms with van der Waals surface area (Å²) in [6.45, 7) is 0. The molecular weight excluding hydrogens is 400 g/mol. The van der Waals surface area contributed by atoms with Gasteiger partial charge in [0, 0.05) is 4.47 Å². The SMILES string of the molecule is FC(F)(F)Oc1cc(Br)ccc1Nc1nc(Cl)nnc1Cl. The summed E-state index contributed by atoms with van der Waals surface area (Å²) in [7, 11) is 0. The highest BCUT2D eigenvalue weighted by Crippen LogP contribution is 2.35. The molecule has 1 N–H and O–H groups in total. The molecule has 1 aromatic heterocycles. The van der Waals surface area contributed by atoms with Gasteiger partial charge in [0.05, 0.1) is 5.69 Å². The molecule has 2 rings (SSSR count). The summed E-state index contributed by atoms with van der Waals surface area (Å²) >= 11 is 14.3. The van der Waals surface area contributed by atoms with E-state index in [4.69, 9.17) is 23.2 Å². The number of hydrogen-bond donors (Lipinski definition) is 1. The van der Waals surface area contributed by atoms with Crippen molar-refractivity contribution in [2.45, 2.75) is 6.36 Å². The molecule has 112 valence electrons. The molecule has 2 aromatic rings. The molecule has 0 unspecified atom stereocenters. The summed E-state index contributed by atoms with van der Waals surface area (Å²) in [4.78, 5) is 3.73. The molecule has 11 heteroatoms. The van der Waals surface area contributed by atoms with E-state index in [2.05, 4.69) is 41.2 Å². The lowest BCUT2D eigenvalue weighted by molar-refractivity contribution is -0.274. The number of anilines is 2. The minimum absolute atomic E-state index is 0.0195. The van der Waals surface area contributed by atoms with Gasteiger partial charge >= 0.3 is 6.36 Å². The van der Waals surface area contributed by atoms with E-state index in [1.54, 1.807) is 0 Å². The van der Waals surface area contributed by atoms with Crippen molar-refractivity contribution in [1.82, 2.24) is 15.2 Å².